The number of rotatable bonds is 4. The van der Waals surface area contributed by atoms with Gasteiger partial charge in [-0.2, -0.15) is 0 Å². The third-order valence-corrected chi connectivity index (χ3v) is 2.75. The molecule has 20 heavy (non-hydrogen) atoms. The zero-order valence-electron chi connectivity index (χ0n) is 10.4. The van der Waals surface area contributed by atoms with Crippen LogP contribution in [0.1, 0.15) is 15.9 Å². The van der Waals surface area contributed by atoms with Gasteiger partial charge >= 0.3 is 5.69 Å². The van der Waals surface area contributed by atoms with Crippen molar-refractivity contribution in [3.63, 3.8) is 0 Å². The van der Waals surface area contributed by atoms with Crippen LogP contribution in [0.15, 0.2) is 48.5 Å². The number of phenols is 1. The molecule has 0 bridgehead atoms. The SMILES string of the molecule is O=C(NCc1ccccc1)c1cccc([N+](=O)[O-])c1O. The van der Waals surface area contributed by atoms with Gasteiger partial charge in [0.15, 0.2) is 0 Å². The first-order chi connectivity index (χ1) is 9.59. The number of amides is 1. The molecule has 0 aliphatic carbocycles. The van der Waals surface area contributed by atoms with Crippen molar-refractivity contribution >= 4 is 11.6 Å². The van der Waals surface area contributed by atoms with Crippen molar-refractivity contribution in [1.82, 2.24) is 5.32 Å². The molecule has 0 aromatic heterocycles. The molecule has 6 heteroatoms. The Bertz CT molecular complexity index is 641. The summed E-state index contributed by atoms with van der Waals surface area (Å²) >= 11 is 0. The van der Waals surface area contributed by atoms with E-state index in [4.69, 9.17) is 0 Å². The molecule has 1 amide bonds. The Kier molecular flexibility index (Phi) is 3.95. The maximum absolute atomic E-state index is 11.9. The third-order valence-electron chi connectivity index (χ3n) is 2.75. The number of para-hydroxylation sites is 1. The summed E-state index contributed by atoms with van der Waals surface area (Å²) in [6.07, 6.45) is 0. The lowest BCUT2D eigenvalue weighted by molar-refractivity contribution is -0.385. The van der Waals surface area contributed by atoms with Gasteiger partial charge in [0.1, 0.15) is 0 Å². The molecule has 6 nitrogen and oxygen atoms in total. The van der Waals surface area contributed by atoms with E-state index >= 15 is 0 Å². The average molecular weight is 272 g/mol. The first kappa shape index (κ1) is 13.5. The number of carbonyl (C=O) groups is 1. The first-order valence-corrected chi connectivity index (χ1v) is 5.88. The van der Waals surface area contributed by atoms with E-state index in [-0.39, 0.29) is 12.1 Å². The van der Waals surface area contributed by atoms with Crippen molar-refractivity contribution in [2.75, 3.05) is 0 Å². The summed E-state index contributed by atoms with van der Waals surface area (Å²) in [4.78, 5) is 21.9. The van der Waals surface area contributed by atoms with E-state index in [1.54, 1.807) is 0 Å². The van der Waals surface area contributed by atoms with Crippen molar-refractivity contribution < 1.29 is 14.8 Å². The molecular formula is C14H12N2O4. The zero-order valence-corrected chi connectivity index (χ0v) is 10.4. The number of nitro groups is 1. The normalized spacial score (nSPS) is 10.0. The maximum atomic E-state index is 11.9. The van der Waals surface area contributed by atoms with Crippen LogP contribution >= 0.6 is 0 Å². The van der Waals surface area contributed by atoms with Crippen LogP contribution in [0.5, 0.6) is 5.75 Å². The molecular weight excluding hydrogens is 260 g/mol. The molecule has 0 fully saturated rings. The zero-order chi connectivity index (χ0) is 14.5. The van der Waals surface area contributed by atoms with Crippen molar-refractivity contribution in [2.24, 2.45) is 0 Å². The molecule has 0 saturated heterocycles. The molecule has 0 atom stereocenters. The summed E-state index contributed by atoms with van der Waals surface area (Å²) in [6.45, 7) is 0.280. The van der Waals surface area contributed by atoms with Gasteiger partial charge in [-0.3, -0.25) is 14.9 Å². The minimum atomic E-state index is -0.733. The van der Waals surface area contributed by atoms with Crippen LogP contribution in [0.2, 0.25) is 0 Å². The number of hydrogen-bond acceptors (Lipinski definition) is 4. The number of hydrogen-bond donors (Lipinski definition) is 2. The Hall–Kier alpha value is -2.89. The maximum Gasteiger partial charge on any atom is 0.311 e. The van der Waals surface area contributed by atoms with Gasteiger partial charge in [0, 0.05) is 12.6 Å². The van der Waals surface area contributed by atoms with E-state index in [2.05, 4.69) is 5.32 Å². The second-order valence-corrected chi connectivity index (χ2v) is 4.10. The number of benzene rings is 2. The summed E-state index contributed by atoms with van der Waals surface area (Å²) in [6, 6.07) is 13.1. The minimum Gasteiger partial charge on any atom is -0.502 e. The van der Waals surface area contributed by atoms with Gasteiger partial charge in [-0.05, 0) is 11.6 Å². The van der Waals surface area contributed by atoms with E-state index in [1.807, 2.05) is 30.3 Å². The van der Waals surface area contributed by atoms with Crippen LogP contribution in [0.4, 0.5) is 5.69 Å². The number of carbonyl (C=O) groups excluding carboxylic acids is 1. The smallest absolute Gasteiger partial charge is 0.311 e. The summed E-state index contributed by atoms with van der Waals surface area (Å²) in [5, 5.41) is 23.0. The van der Waals surface area contributed by atoms with Crippen LogP contribution < -0.4 is 5.32 Å². The molecule has 2 aromatic rings. The van der Waals surface area contributed by atoms with E-state index < -0.39 is 22.3 Å². The van der Waals surface area contributed by atoms with Gasteiger partial charge in [-0.15, -0.1) is 0 Å². The van der Waals surface area contributed by atoms with Crippen LogP contribution in [0, 0.1) is 10.1 Å². The number of nitro benzene ring substituents is 1. The molecule has 102 valence electrons. The summed E-state index contributed by atoms with van der Waals surface area (Å²) in [5.41, 5.74) is 0.290. The van der Waals surface area contributed by atoms with Gasteiger partial charge in [0.25, 0.3) is 5.91 Å². The monoisotopic (exact) mass is 272 g/mol. The van der Waals surface area contributed by atoms with Gasteiger partial charge < -0.3 is 10.4 Å². The lowest BCUT2D eigenvalue weighted by Crippen LogP contribution is -2.22. The van der Waals surface area contributed by atoms with E-state index in [0.717, 1.165) is 11.6 Å². The highest BCUT2D eigenvalue weighted by Gasteiger charge is 2.20. The van der Waals surface area contributed by atoms with Gasteiger partial charge in [0.2, 0.25) is 5.75 Å². The quantitative estimate of drug-likeness (QED) is 0.659. The van der Waals surface area contributed by atoms with Crippen molar-refractivity contribution in [3.8, 4) is 5.75 Å². The highest BCUT2D eigenvalue weighted by Crippen LogP contribution is 2.29. The van der Waals surface area contributed by atoms with Gasteiger partial charge in [0.05, 0.1) is 10.5 Å². The summed E-state index contributed by atoms with van der Waals surface area (Å²) in [5.74, 6) is -1.18. The lowest BCUT2D eigenvalue weighted by atomic mass is 10.1. The largest absolute Gasteiger partial charge is 0.502 e. The van der Waals surface area contributed by atoms with Gasteiger partial charge in [-0.25, -0.2) is 0 Å². The van der Waals surface area contributed by atoms with Crippen molar-refractivity contribution in [3.05, 3.63) is 69.8 Å². The topological polar surface area (TPSA) is 92.5 Å². The molecule has 0 radical (unpaired) electrons. The van der Waals surface area contributed by atoms with Crippen molar-refractivity contribution in [1.29, 1.82) is 0 Å². The lowest BCUT2D eigenvalue weighted by Gasteiger charge is -2.07. The molecule has 2 aromatic carbocycles. The number of nitrogens with zero attached hydrogens (tertiary/aromatic N) is 1. The predicted molar refractivity (Wildman–Crippen MR) is 72.4 cm³/mol. The Morgan fingerprint density at radius 1 is 1.15 bits per heavy atom. The van der Waals surface area contributed by atoms with Crippen LogP contribution in [-0.2, 0) is 6.54 Å². The fourth-order valence-electron chi connectivity index (χ4n) is 1.74. The second kappa shape index (κ2) is 5.83. The summed E-state index contributed by atoms with van der Waals surface area (Å²) in [7, 11) is 0. The number of aromatic hydroxyl groups is 1. The molecule has 0 spiro atoms. The first-order valence-electron chi connectivity index (χ1n) is 5.88. The predicted octanol–water partition coefficient (Wildman–Crippen LogP) is 2.23. The molecule has 0 aliphatic rings. The van der Waals surface area contributed by atoms with E-state index in [0.29, 0.717) is 0 Å². The Morgan fingerprint density at radius 2 is 1.85 bits per heavy atom. The van der Waals surface area contributed by atoms with E-state index in [9.17, 15) is 20.0 Å². The highest BCUT2D eigenvalue weighted by atomic mass is 16.6. The standard InChI is InChI=1S/C14H12N2O4/c17-13-11(7-4-8-12(13)16(19)20)14(18)15-9-10-5-2-1-3-6-10/h1-8,17H,9H2,(H,15,18). The average Bonchev–Trinajstić information content (AvgIpc) is 2.46. The van der Waals surface area contributed by atoms with Crippen LogP contribution in [0.25, 0.3) is 0 Å². The molecule has 0 unspecified atom stereocenters. The molecule has 0 aliphatic heterocycles. The molecule has 2 N–H and O–H groups in total. The van der Waals surface area contributed by atoms with Gasteiger partial charge in [-0.1, -0.05) is 36.4 Å². The van der Waals surface area contributed by atoms with E-state index in [1.165, 1.54) is 12.1 Å². The second-order valence-electron chi connectivity index (χ2n) is 4.10. The Labute approximate surface area is 114 Å². The van der Waals surface area contributed by atoms with Crippen molar-refractivity contribution in [2.45, 2.75) is 6.54 Å². The summed E-state index contributed by atoms with van der Waals surface area (Å²) < 4.78 is 0. The molecule has 0 saturated carbocycles. The highest BCUT2D eigenvalue weighted by molar-refractivity contribution is 5.98. The Morgan fingerprint density at radius 3 is 2.50 bits per heavy atom. The third kappa shape index (κ3) is 2.92. The Balaban J connectivity index is 2.14. The number of nitrogens with one attached hydrogen (secondary N) is 1. The fraction of sp³-hybridized carbons (Fsp3) is 0.0714. The minimum absolute atomic E-state index is 0.116. The molecule has 2 rings (SSSR count). The molecule has 0 heterocycles. The van der Waals surface area contributed by atoms with Crippen LogP contribution in [0.3, 0.4) is 0 Å². The fourth-order valence-corrected chi connectivity index (χ4v) is 1.74. The number of phenolic OH excluding ortho intramolecular Hbond substituents is 1. The van der Waals surface area contributed by atoms with Crippen LogP contribution in [-0.4, -0.2) is 15.9 Å².